The number of rotatable bonds is 0. The third kappa shape index (κ3) is 4.84. The lowest BCUT2D eigenvalue weighted by atomic mass is 9.76. The van der Waals surface area contributed by atoms with Gasteiger partial charge in [-0.05, 0) is 32.1 Å². The molecule has 10 atom stereocenters. The van der Waals surface area contributed by atoms with Crippen LogP contribution >= 0.6 is 0 Å². The number of carbonyl (C=O) groups excluding carboxylic acids is 2. The molecule has 6 nitrogen and oxygen atoms in total. The monoisotopic (exact) mass is 396 g/mol. The first-order valence-corrected chi connectivity index (χ1v) is 10.5. The number of ether oxygens (including phenoxy) is 1. The van der Waals surface area contributed by atoms with Gasteiger partial charge in [0.05, 0.1) is 24.2 Å². The first kappa shape index (κ1) is 23.0. The number of hydrogen-bond acceptors (Lipinski definition) is 6. The molecule has 1 aliphatic heterocycles. The van der Waals surface area contributed by atoms with Crippen LogP contribution in [0.3, 0.4) is 0 Å². The first-order chi connectivity index (χ1) is 13.1. The van der Waals surface area contributed by atoms with Crippen LogP contribution < -0.4 is 0 Å². The Morgan fingerprint density at radius 2 is 1.57 bits per heavy atom. The van der Waals surface area contributed by atoms with E-state index < -0.39 is 54.1 Å². The zero-order chi connectivity index (χ0) is 21.2. The van der Waals surface area contributed by atoms with Gasteiger partial charge in [-0.1, -0.05) is 39.8 Å². The Balaban J connectivity index is 2.36. The molecular formula is C22H36O6. The summed E-state index contributed by atoms with van der Waals surface area (Å²) in [6, 6.07) is 0. The van der Waals surface area contributed by atoms with Crippen LogP contribution in [0, 0.1) is 35.5 Å². The van der Waals surface area contributed by atoms with Crippen molar-refractivity contribution in [3.63, 3.8) is 0 Å². The van der Waals surface area contributed by atoms with Gasteiger partial charge in [0.15, 0.2) is 0 Å². The Labute approximate surface area is 168 Å². The fourth-order valence-corrected chi connectivity index (χ4v) is 4.64. The van der Waals surface area contributed by atoms with Crippen LogP contribution in [0.5, 0.6) is 0 Å². The average molecular weight is 397 g/mol. The van der Waals surface area contributed by atoms with Crippen LogP contribution in [0.15, 0.2) is 12.2 Å². The summed E-state index contributed by atoms with van der Waals surface area (Å²) in [6.45, 7) is 8.69. The second kappa shape index (κ2) is 9.51. The Kier molecular flexibility index (Phi) is 7.82. The molecule has 0 radical (unpaired) electrons. The highest BCUT2D eigenvalue weighted by atomic mass is 16.5. The minimum Gasteiger partial charge on any atom is -0.461 e. The second-order valence-electron chi connectivity index (χ2n) is 8.98. The van der Waals surface area contributed by atoms with Crippen molar-refractivity contribution in [2.45, 2.75) is 78.3 Å². The summed E-state index contributed by atoms with van der Waals surface area (Å²) in [5, 5.41) is 32.2. The molecule has 1 fully saturated rings. The summed E-state index contributed by atoms with van der Waals surface area (Å²) in [5.74, 6) is -3.54. The van der Waals surface area contributed by atoms with Crippen molar-refractivity contribution in [2.24, 2.45) is 35.5 Å². The average Bonchev–Trinajstić information content (AvgIpc) is 2.69. The molecule has 0 aromatic heterocycles. The number of esters is 1. The van der Waals surface area contributed by atoms with E-state index in [4.69, 9.17) is 4.74 Å². The molecule has 2 rings (SSSR count). The molecule has 1 saturated heterocycles. The van der Waals surface area contributed by atoms with Crippen molar-refractivity contribution >= 4 is 11.8 Å². The van der Waals surface area contributed by atoms with Gasteiger partial charge in [0.1, 0.15) is 11.9 Å². The normalized spacial score (nSPS) is 46.4. The maximum Gasteiger partial charge on any atom is 0.311 e. The molecule has 0 saturated carbocycles. The van der Waals surface area contributed by atoms with Crippen molar-refractivity contribution < 1.29 is 29.6 Å². The van der Waals surface area contributed by atoms with Gasteiger partial charge < -0.3 is 20.1 Å². The van der Waals surface area contributed by atoms with Crippen LogP contribution in [0.1, 0.15) is 53.9 Å². The van der Waals surface area contributed by atoms with Crippen LogP contribution in [-0.2, 0) is 14.3 Å². The van der Waals surface area contributed by atoms with Gasteiger partial charge in [-0.2, -0.15) is 0 Å². The summed E-state index contributed by atoms with van der Waals surface area (Å²) in [6.07, 6.45) is 2.14. The largest absolute Gasteiger partial charge is 0.461 e. The van der Waals surface area contributed by atoms with Crippen molar-refractivity contribution in [2.75, 3.05) is 0 Å². The molecule has 0 amide bonds. The smallest absolute Gasteiger partial charge is 0.311 e. The maximum atomic E-state index is 12.9. The Bertz CT molecular complexity index is 588. The summed E-state index contributed by atoms with van der Waals surface area (Å²) >= 11 is 0. The number of Topliss-reactive ketones (excluding diaryl/α,β-unsaturated/α-hetero) is 1. The van der Waals surface area contributed by atoms with E-state index in [9.17, 15) is 24.9 Å². The van der Waals surface area contributed by atoms with Crippen molar-refractivity contribution in [3.05, 3.63) is 12.2 Å². The zero-order valence-corrected chi connectivity index (χ0v) is 17.6. The van der Waals surface area contributed by atoms with E-state index in [1.165, 1.54) is 0 Å². The lowest BCUT2D eigenvalue weighted by Crippen LogP contribution is -2.46. The fraction of sp³-hybridized carbons (Fsp3) is 0.818. The van der Waals surface area contributed by atoms with Crippen molar-refractivity contribution in [1.82, 2.24) is 0 Å². The number of aliphatic hydroxyl groups excluding tert-OH is 3. The zero-order valence-electron chi connectivity index (χ0n) is 17.6. The van der Waals surface area contributed by atoms with E-state index in [0.29, 0.717) is 12.8 Å². The summed E-state index contributed by atoms with van der Waals surface area (Å²) < 4.78 is 5.67. The highest BCUT2D eigenvalue weighted by Crippen LogP contribution is 2.33. The number of ketones is 1. The van der Waals surface area contributed by atoms with Gasteiger partial charge in [-0.25, -0.2) is 0 Å². The number of fused-ring (bicyclic) bond motifs is 1. The standard InChI is InChI=1S/C22H36O6/c1-11-10-12(2)19(24)14(4)21(26)16-8-6-7-9-17(16)28-22(27)15(5)20(25)13(3)18(11)23/h6,8,11-18,20-21,23,25-26H,7,9-10H2,1-5H3/t11-,12+,13+,14-,15+,16-,17+,18-,20-,21+/m0/s1. The highest BCUT2D eigenvalue weighted by Gasteiger charge is 2.41. The lowest BCUT2D eigenvalue weighted by Gasteiger charge is -2.37. The van der Waals surface area contributed by atoms with E-state index in [2.05, 4.69) is 0 Å². The van der Waals surface area contributed by atoms with Gasteiger partial charge in [-0.15, -0.1) is 0 Å². The number of carbonyl (C=O) groups is 2. The molecule has 3 N–H and O–H groups in total. The van der Waals surface area contributed by atoms with Crippen molar-refractivity contribution in [1.29, 1.82) is 0 Å². The molecule has 2 aliphatic rings. The molecular weight excluding hydrogens is 360 g/mol. The van der Waals surface area contributed by atoms with Crippen LogP contribution in [0.25, 0.3) is 0 Å². The second-order valence-corrected chi connectivity index (χ2v) is 8.98. The first-order valence-electron chi connectivity index (χ1n) is 10.5. The molecule has 28 heavy (non-hydrogen) atoms. The highest BCUT2D eigenvalue weighted by molar-refractivity contribution is 5.83. The third-order valence-electron chi connectivity index (χ3n) is 6.78. The van der Waals surface area contributed by atoms with Gasteiger partial charge in [-0.3, -0.25) is 9.59 Å². The fourth-order valence-electron chi connectivity index (χ4n) is 4.64. The Morgan fingerprint density at radius 3 is 2.21 bits per heavy atom. The van der Waals surface area contributed by atoms with Gasteiger partial charge in [0, 0.05) is 23.7 Å². The van der Waals surface area contributed by atoms with Gasteiger partial charge >= 0.3 is 5.97 Å². The van der Waals surface area contributed by atoms with Crippen LogP contribution in [0.2, 0.25) is 0 Å². The quantitative estimate of drug-likeness (QED) is 0.428. The van der Waals surface area contributed by atoms with E-state index in [1.807, 2.05) is 26.0 Å². The number of aliphatic hydroxyl groups is 3. The molecule has 1 heterocycles. The molecule has 6 heteroatoms. The van der Waals surface area contributed by atoms with E-state index in [1.54, 1.807) is 20.8 Å². The summed E-state index contributed by atoms with van der Waals surface area (Å²) in [5.41, 5.74) is 0. The molecule has 0 spiro atoms. The topological polar surface area (TPSA) is 104 Å². The van der Waals surface area contributed by atoms with E-state index in [0.717, 1.165) is 6.42 Å². The lowest BCUT2D eigenvalue weighted by molar-refractivity contribution is -0.165. The Hall–Kier alpha value is -1.24. The molecule has 0 aromatic carbocycles. The summed E-state index contributed by atoms with van der Waals surface area (Å²) in [7, 11) is 0. The van der Waals surface area contributed by atoms with Gasteiger partial charge in [0.25, 0.3) is 0 Å². The number of hydrogen-bond donors (Lipinski definition) is 3. The molecule has 0 bridgehead atoms. The molecule has 160 valence electrons. The maximum absolute atomic E-state index is 12.9. The van der Waals surface area contributed by atoms with Crippen LogP contribution in [-0.4, -0.2) is 51.5 Å². The molecule has 0 unspecified atom stereocenters. The minimum absolute atomic E-state index is 0.0609. The van der Waals surface area contributed by atoms with Crippen LogP contribution in [0.4, 0.5) is 0 Å². The van der Waals surface area contributed by atoms with Crippen molar-refractivity contribution in [3.8, 4) is 0 Å². The minimum atomic E-state index is -1.06. The predicted octanol–water partition coefficient (Wildman–Crippen LogP) is 2.10. The van der Waals surface area contributed by atoms with E-state index in [-0.39, 0.29) is 17.6 Å². The SMILES string of the molecule is C[C@@H]1[C@@H](O)[C@@H](C)C[C@@H](C)C(=O)[C@H](C)[C@@H](O)[C@H]2C=CCC[C@H]2OC(=O)[C@H](C)[C@H]1O. The molecule has 0 aromatic rings. The van der Waals surface area contributed by atoms with E-state index >= 15 is 0 Å². The molecule has 1 aliphatic carbocycles. The predicted molar refractivity (Wildman–Crippen MR) is 105 cm³/mol. The number of allylic oxidation sites excluding steroid dienone is 1. The third-order valence-corrected chi connectivity index (χ3v) is 6.78. The Morgan fingerprint density at radius 1 is 0.929 bits per heavy atom. The van der Waals surface area contributed by atoms with Gasteiger partial charge in [0.2, 0.25) is 0 Å². The summed E-state index contributed by atoms with van der Waals surface area (Å²) in [4.78, 5) is 25.5.